The van der Waals surface area contributed by atoms with Crippen LogP contribution in [0.5, 0.6) is 0 Å². The van der Waals surface area contributed by atoms with Crippen LogP contribution in [0.15, 0.2) is 24.5 Å². The average Bonchev–Trinajstić information content (AvgIpc) is 3.12. The number of hydrogen-bond donors (Lipinski definition) is 1. The molecule has 2 aliphatic heterocycles. The van der Waals surface area contributed by atoms with E-state index in [1.54, 1.807) is 0 Å². The van der Waals surface area contributed by atoms with Crippen molar-refractivity contribution in [3.8, 4) is 0 Å². The van der Waals surface area contributed by atoms with Crippen molar-refractivity contribution in [2.75, 3.05) is 39.3 Å². The standard InChI is InChI=1S/C15H23N3O/c1-2-9-18(8-1)10-11-19-15(5-7-17-13-15)14-4-3-6-16-12-14/h3-4,6,12,17H,1-2,5,7-11,13H2. The Hall–Kier alpha value is -0.970. The molecule has 0 amide bonds. The Morgan fingerprint density at radius 3 is 2.95 bits per heavy atom. The number of aromatic nitrogens is 1. The summed E-state index contributed by atoms with van der Waals surface area (Å²) in [6.07, 6.45) is 7.50. The summed E-state index contributed by atoms with van der Waals surface area (Å²) in [7, 11) is 0. The molecule has 1 N–H and O–H groups in total. The molecule has 104 valence electrons. The Balaban J connectivity index is 1.61. The first-order valence-corrected chi connectivity index (χ1v) is 7.37. The largest absolute Gasteiger partial charge is 0.368 e. The molecule has 19 heavy (non-hydrogen) atoms. The second-order valence-electron chi connectivity index (χ2n) is 5.56. The maximum absolute atomic E-state index is 6.29. The summed E-state index contributed by atoms with van der Waals surface area (Å²) in [5.74, 6) is 0. The van der Waals surface area contributed by atoms with E-state index in [2.05, 4.69) is 21.3 Å². The summed E-state index contributed by atoms with van der Waals surface area (Å²) >= 11 is 0. The third-order valence-corrected chi connectivity index (χ3v) is 4.29. The van der Waals surface area contributed by atoms with E-state index in [9.17, 15) is 0 Å². The Labute approximate surface area is 115 Å². The minimum absolute atomic E-state index is 0.159. The fraction of sp³-hybridized carbons (Fsp3) is 0.667. The Morgan fingerprint density at radius 2 is 2.26 bits per heavy atom. The summed E-state index contributed by atoms with van der Waals surface area (Å²) in [4.78, 5) is 6.74. The van der Waals surface area contributed by atoms with Crippen molar-refractivity contribution in [1.29, 1.82) is 0 Å². The Kier molecular flexibility index (Phi) is 4.11. The van der Waals surface area contributed by atoms with Gasteiger partial charge in [0.25, 0.3) is 0 Å². The molecule has 1 aromatic rings. The van der Waals surface area contributed by atoms with Crippen LogP contribution in [0, 0.1) is 0 Å². The lowest BCUT2D eigenvalue weighted by Gasteiger charge is -2.30. The molecule has 0 bridgehead atoms. The quantitative estimate of drug-likeness (QED) is 0.869. The predicted molar refractivity (Wildman–Crippen MR) is 75.0 cm³/mol. The SMILES string of the molecule is c1cncc(C2(OCCN3CCCC3)CCNC2)c1. The minimum Gasteiger partial charge on any atom is -0.368 e. The summed E-state index contributed by atoms with van der Waals surface area (Å²) in [5.41, 5.74) is 1.05. The molecule has 0 saturated carbocycles. The van der Waals surface area contributed by atoms with E-state index in [0.717, 1.165) is 32.7 Å². The van der Waals surface area contributed by atoms with Gasteiger partial charge in [0.2, 0.25) is 0 Å². The average molecular weight is 261 g/mol. The molecule has 0 aliphatic carbocycles. The first-order chi connectivity index (χ1) is 9.39. The van der Waals surface area contributed by atoms with Crippen LogP contribution in [0.2, 0.25) is 0 Å². The van der Waals surface area contributed by atoms with Crippen LogP contribution in [-0.4, -0.2) is 49.2 Å². The normalized spacial score (nSPS) is 28.0. The molecule has 2 aliphatic rings. The molecule has 4 heteroatoms. The molecule has 2 fully saturated rings. The van der Waals surface area contributed by atoms with E-state index in [0.29, 0.717) is 0 Å². The zero-order valence-electron chi connectivity index (χ0n) is 11.5. The van der Waals surface area contributed by atoms with E-state index in [4.69, 9.17) is 4.74 Å². The zero-order valence-corrected chi connectivity index (χ0v) is 11.5. The van der Waals surface area contributed by atoms with Crippen molar-refractivity contribution in [3.63, 3.8) is 0 Å². The minimum atomic E-state index is -0.159. The number of nitrogens with one attached hydrogen (secondary N) is 1. The van der Waals surface area contributed by atoms with Crippen LogP contribution in [-0.2, 0) is 10.3 Å². The van der Waals surface area contributed by atoms with Gasteiger partial charge in [-0.25, -0.2) is 0 Å². The second-order valence-corrected chi connectivity index (χ2v) is 5.56. The van der Waals surface area contributed by atoms with Crippen LogP contribution in [0.4, 0.5) is 0 Å². The highest BCUT2D eigenvalue weighted by atomic mass is 16.5. The fourth-order valence-electron chi connectivity index (χ4n) is 3.13. The van der Waals surface area contributed by atoms with Crippen LogP contribution in [0.3, 0.4) is 0 Å². The summed E-state index contributed by atoms with van der Waals surface area (Å²) in [6, 6.07) is 4.13. The first kappa shape index (κ1) is 13.0. The van der Waals surface area contributed by atoms with Crippen molar-refractivity contribution >= 4 is 0 Å². The van der Waals surface area contributed by atoms with E-state index >= 15 is 0 Å². The van der Waals surface area contributed by atoms with Crippen LogP contribution in [0.25, 0.3) is 0 Å². The van der Waals surface area contributed by atoms with Crippen molar-refractivity contribution in [1.82, 2.24) is 15.2 Å². The lowest BCUT2D eigenvalue weighted by Crippen LogP contribution is -2.35. The topological polar surface area (TPSA) is 37.4 Å². The van der Waals surface area contributed by atoms with Gasteiger partial charge in [0.15, 0.2) is 0 Å². The molecular formula is C15H23N3O. The van der Waals surface area contributed by atoms with Crippen molar-refractivity contribution < 1.29 is 4.74 Å². The number of likely N-dealkylation sites (tertiary alicyclic amines) is 1. The zero-order chi connectivity index (χ0) is 13.0. The summed E-state index contributed by atoms with van der Waals surface area (Å²) in [5, 5.41) is 3.42. The lowest BCUT2D eigenvalue weighted by atomic mass is 9.94. The first-order valence-electron chi connectivity index (χ1n) is 7.37. The van der Waals surface area contributed by atoms with E-state index in [-0.39, 0.29) is 5.60 Å². The molecule has 2 saturated heterocycles. The molecule has 3 heterocycles. The number of hydrogen-bond acceptors (Lipinski definition) is 4. The van der Waals surface area contributed by atoms with Gasteiger partial charge in [0.05, 0.1) is 6.61 Å². The molecular weight excluding hydrogens is 238 g/mol. The maximum Gasteiger partial charge on any atom is 0.108 e. The van der Waals surface area contributed by atoms with Crippen LogP contribution < -0.4 is 5.32 Å². The Morgan fingerprint density at radius 1 is 1.37 bits per heavy atom. The third-order valence-electron chi connectivity index (χ3n) is 4.29. The van der Waals surface area contributed by atoms with Gasteiger partial charge in [-0.05, 0) is 45.0 Å². The van der Waals surface area contributed by atoms with Crippen LogP contribution in [0.1, 0.15) is 24.8 Å². The number of ether oxygens (including phenoxy) is 1. The highest BCUT2D eigenvalue weighted by Crippen LogP contribution is 2.31. The fourth-order valence-corrected chi connectivity index (χ4v) is 3.13. The monoisotopic (exact) mass is 261 g/mol. The highest BCUT2D eigenvalue weighted by molar-refractivity contribution is 5.21. The molecule has 3 rings (SSSR count). The van der Waals surface area contributed by atoms with Crippen molar-refractivity contribution in [3.05, 3.63) is 30.1 Å². The number of nitrogens with zero attached hydrogens (tertiary/aromatic N) is 2. The van der Waals surface area contributed by atoms with Crippen molar-refractivity contribution in [2.45, 2.75) is 24.9 Å². The molecule has 4 nitrogen and oxygen atoms in total. The van der Waals surface area contributed by atoms with Gasteiger partial charge in [-0.3, -0.25) is 4.98 Å². The smallest absolute Gasteiger partial charge is 0.108 e. The van der Waals surface area contributed by atoms with Gasteiger partial charge in [0, 0.05) is 31.0 Å². The van der Waals surface area contributed by atoms with Gasteiger partial charge in [-0.1, -0.05) is 6.07 Å². The van der Waals surface area contributed by atoms with E-state index < -0.39 is 0 Å². The maximum atomic E-state index is 6.29. The third kappa shape index (κ3) is 2.96. The lowest BCUT2D eigenvalue weighted by molar-refractivity contribution is -0.0418. The van der Waals surface area contributed by atoms with E-state index in [1.807, 2.05) is 18.5 Å². The van der Waals surface area contributed by atoms with Crippen molar-refractivity contribution in [2.24, 2.45) is 0 Å². The van der Waals surface area contributed by atoms with E-state index in [1.165, 1.54) is 31.5 Å². The molecule has 0 radical (unpaired) electrons. The number of pyridine rings is 1. The molecule has 0 aromatic carbocycles. The van der Waals surface area contributed by atoms with Crippen LogP contribution >= 0.6 is 0 Å². The predicted octanol–water partition coefficient (Wildman–Crippen LogP) is 1.38. The molecule has 0 spiro atoms. The van der Waals surface area contributed by atoms with Gasteiger partial charge in [0.1, 0.15) is 5.60 Å². The molecule has 1 atom stereocenters. The summed E-state index contributed by atoms with van der Waals surface area (Å²) in [6.45, 7) is 6.28. The Bertz CT molecular complexity index is 384. The van der Waals surface area contributed by atoms with Gasteiger partial charge in [-0.2, -0.15) is 0 Å². The molecule has 1 unspecified atom stereocenters. The highest BCUT2D eigenvalue weighted by Gasteiger charge is 2.36. The second kappa shape index (κ2) is 5.99. The molecule has 1 aromatic heterocycles. The van der Waals surface area contributed by atoms with Gasteiger partial charge >= 0.3 is 0 Å². The van der Waals surface area contributed by atoms with Gasteiger partial charge in [-0.15, -0.1) is 0 Å². The van der Waals surface area contributed by atoms with Gasteiger partial charge < -0.3 is 15.0 Å². The number of rotatable bonds is 5. The summed E-state index contributed by atoms with van der Waals surface area (Å²) < 4.78 is 6.29.